The first-order chi connectivity index (χ1) is 16.6. The van der Waals surface area contributed by atoms with Crippen molar-refractivity contribution < 1.29 is 24.4 Å². The Balaban J connectivity index is 1.97. The number of nitro groups is 3. The number of non-ortho nitro benzene ring substituents is 2. The molecule has 0 radical (unpaired) electrons. The summed E-state index contributed by atoms with van der Waals surface area (Å²) in [6.45, 7) is 3.73. The summed E-state index contributed by atoms with van der Waals surface area (Å²) < 4.78 is 0. The van der Waals surface area contributed by atoms with E-state index >= 15 is 0 Å². The summed E-state index contributed by atoms with van der Waals surface area (Å²) in [5.41, 5.74) is 1.47. The minimum Gasteiger partial charge on any atom is -0.312 e. The van der Waals surface area contributed by atoms with E-state index in [9.17, 15) is 35.1 Å². The molecule has 0 saturated heterocycles. The van der Waals surface area contributed by atoms with Crippen LogP contribution < -0.4 is 0 Å². The summed E-state index contributed by atoms with van der Waals surface area (Å²) in [7, 11) is 0. The first kappa shape index (κ1) is 24.6. The number of benzene rings is 3. The minimum atomic E-state index is -1.17. The first-order valence-corrected chi connectivity index (χ1v) is 10.1. The Morgan fingerprint density at radius 3 is 1.97 bits per heavy atom. The van der Waals surface area contributed by atoms with Crippen molar-refractivity contribution in [3.05, 3.63) is 119 Å². The number of carbonyl (C=O) groups is 1. The van der Waals surface area contributed by atoms with Gasteiger partial charge >= 0.3 is 5.97 Å². The maximum atomic E-state index is 12.6. The molecular weight excluding hydrogens is 460 g/mol. The van der Waals surface area contributed by atoms with Gasteiger partial charge in [0.15, 0.2) is 0 Å². The average molecular weight is 478 g/mol. The van der Waals surface area contributed by atoms with E-state index in [0.717, 1.165) is 23.3 Å². The van der Waals surface area contributed by atoms with Gasteiger partial charge in [0, 0.05) is 30.2 Å². The van der Waals surface area contributed by atoms with Gasteiger partial charge in [-0.25, -0.2) is 4.79 Å². The Hall–Kier alpha value is -5.00. The highest BCUT2D eigenvalue weighted by Crippen LogP contribution is 2.26. The summed E-state index contributed by atoms with van der Waals surface area (Å²) in [6.07, 6.45) is 0.136. The Kier molecular flexibility index (Phi) is 7.25. The number of nitrogens with zero attached hydrogens (tertiary/aromatic N) is 4. The SMILES string of the molecule is Cc1ccc(/C(Cc2ccc([N+](=O)[O-])cc2)=N/OC(=O)c2ccc([N+](=O)[O-])cc2[N+](=O)[O-])c(C)c1. The van der Waals surface area contributed by atoms with E-state index in [0.29, 0.717) is 22.9 Å². The van der Waals surface area contributed by atoms with Crippen LogP contribution in [0.4, 0.5) is 17.1 Å². The fraction of sp³-hybridized carbons (Fsp3) is 0.130. The van der Waals surface area contributed by atoms with Gasteiger partial charge in [-0.1, -0.05) is 41.1 Å². The van der Waals surface area contributed by atoms with Gasteiger partial charge < -0.3 is 4.84 Å². The van der Waals surface area contributed by atoms with Crippen LogP contribution in [-0.2, 0) is 11.3 Å². The van der Waals surface area contributed by atoms with E-state index < -0.39 is 37.7 Å². The van der Waals surface area contributed by atoms with Crippen molar-refractivity contribution >= 4 is 28.7 Å². The predicted octanol–water partition coefficient (Wildman–Crippen LogP) is 4.83. The van der Waals surface area contributed by atoms with Crippen LogP contribution in [0, 0.1) is 44.2 Å². The molecule has 0 aliphatic carbocycles. The van der Waals surface area contributed by atoms with E-state index in [2.05, 4.69) is 5.16 Å². The van der Waals surface area contributed by atoms with Crippen LogP contribution in [0.15, 0.2) is 65.8 Å². The molecule has 0 unspecified atom stereocenters. The molecule has 0 bridgehead atoms. The Labute approximate surface area is 197 Å². The lowest BCUT2D eigenvalue weighted by Crippen LogP contribution is -2.12. The fourth-order valence-corrected chi connectivity index (χ4v) is 3.35. The number of aryl methyl sites for hydroxylation is 2. The minimum absolute atomic E-state index is 0.0873. The largest absolute Gasteiger partial charge is 0.372 e. The predicted molar refractivity (Wildman–Crippen MR) is 124 cm³/mol. The second-order valence-corrected chi connectivity index (χ2v) is 7.55. The van der Waals surface area contributed by atoms with Crippen molar-refractivity contribution in [1.29, 1.82) is 0 Å². The Morgan fingerprint density at radius 1 is 0.800 bits per heavy atom. The molecular formula is C23H18N4O8. The van der Waals surface area contributed by atoms with Gasteiger partial charge in [0.1, 0.15) is 5.56 Å². The molecule has 0 heterocycles. The molecule has 0 spiro atoms. The molecule has 0 aromatic heterocycles. The van der Waals surface area contributed by atoms with E-state index in [1.807, 2.05) is 26.0 Å². The number of oxime groups is 1. The number of rotatable bonds is 8. The second-order valence-electron chi connectivity index (χ2n) is 7.55. The lowest BCUT2D eigenvalue weighted by atomic mass is 9.97. The van der Waals surface area contributed by atoms with Crippen LogP contribution in [0.25, 0.3) is 0 Å². The molecule has 3 aromatic rings. The standard InChI is InChI=1S/C23H18N4O8/c1-14-3-9-19(15(2)11-14)21(12-16-4-6-17(7-5-16)25(29)30)24-35-23(28)20-10-8-18(26(31)32)13-22(20)27(33)34/h3-11,13H,12H2,1-2H3/b24-21+. The summed E-state index contributed by atoms with van der Waals surface area (Å²) in [5.74, 6) is -1.17. The topological polar surface area (TPSA) is 168 Å². The molecule has 12 nitrogen and oxygen atoms in total. The highest BCUT2D eigenvalue weighted by atomic mass is 16.7. The lowest BCUT2D eigenvalue weighted by molar-refractivity contribution is -0.394. The first-order valence-electron chi connectivity index (χ1n) is 10.1. The normalized spacial score (nSPS) is 11.1. The molecule has 0 saturated carbocycles. The van der Waals surface area contributed by atoms with Crippen molar-refractivity contribution in [3.8, 4) is 0 Å². The van der Waals surface area contributed by atoms with Crippen LogP contribution >= 0.6 is 0 Å². The van der Waals surface area contributed by atoms with Gasteiger partial charge in [-0.2, -0.15) is 0 Å². The van der Waals surface area contributed by atoms with Gasteiger partial charge in [0.25, 0.3) is 17.1 Å². The highest BCUT2D eigenvalue weighted by molar-refractivity contribution is 6.03. The van der Waals surface area contributed by atoms with Crippen LogP contribution in [0.1, 0.15) is 32.6 Å². The molecule has 0 amide bonds. The zero-order valence-electron chi connectivity index (χ0n) is 18.5. The molecule has 3 rings (SSSR count). The van der Waals surface area contributed by atoms with Gasteiger partial charge in [0.05, 0.1) is 26.5 Å². The quantitative estimate of drug-likeness (QED) is 0.192. The zero-order valence-corrected chi connectivity index (χ0v) is 18.5. The number of hydrogen-bond donors (Lipinski definition) is 0. The summed E-state index contributed by atoms with van der Waals surface area (Å²) in [4.78, 5) is 48.6. The lowest BCUT2D eigenvalue weighted by Gasteiger charge is -2.11. The van der Waals surface area contributed by atoms with Crippen molar-refractivity contribution in [2.45, 2.75) is 20.3 Å². The van der Waals surface area contributed by atoms with Crippen molar-refractivity contribution in [3.63, 3.8) is 0 Å². The Morgan fingerprint density at radius 2 is 1.40 bits per heavy atom. The van der Waals surface area contributed by atoms with Crippen molar-refractivity contribution in [2.75, 3.05) is 0 Å². The summed E-state index contributed by atoms with van der Waals surface area (Å²) in [5, 5.41) is 37.1. The number of hydrogen-bond acceptors (Lipinski definition) is 9. The van der Waals surface area contributed by atoms with E-state index in [4.69, 9.17) is 4.84 Å². The zero-order chi connectivity index (χ0) is 25.7. The molecule has 0 fully saturated rings. The highest BCUT2D eigenvalue weighted by Gasteiger charge is 2.26. The molecule has 0 atom stereocenters. The second kappa shape index (κ2) is 10.3. The summed E-state index contributed by atoms with van der Waals surface area (Å²) in [6, 6.07) is 13.8. The van der Waals surface area contributed by atoms with Crippen molar-refractivity contribution in [1.82, 2.24) is 0 Å². The molecule has 0 aliphatic heterocycles. The molecule has 12 heteroatoms. The average Bonchev–Trinajstić information content (AvgIpc) is 2.81. The van der Waals surface area contributed by atoms with E-state index in [1.165, 1.54) is 12.1 Å². The third kappa shape index (κ3) is 5.87. The number of nitro benzene ring substituents is 3. The smallest absolute Gasteiger partial charge is 0.312 e. The fourth-order valence-electron chi connectivity index (χ4n) is 3.35. The molecule has 3 aromatic carbocycles. The third-order valence-corrected chi connectivity index (χ3v) is 5.06. The third-order valence-electron chi connectivity index (χ3n) is 5.06. The molecule has 35 heavy (non-hydrogen) atoms. The van der Waals surface area contributed by atoms with E-state index in [-0.39, 0.29) is 12.1 Å². The van der Waals surface area contributed by atoms with Crippen LogP contribution in [0.3, 0.4) is 0 Å². The molecule has 0 aliphatic rings. The van der Waals surface area contributed by atoms with Gasteiger partial charge in [-0.15, -0.1) is 0 Å². The van der Waals surface area contributed by atoms with Gasteiger partial charge in [-0.3, -0.25) is 30.3 Å². The van der Waals surface area contributed by atoms with Crippen LogP contribution in [-0.4, -0.2) is 26.5 Å². The van der Waals surface area contributed by atoms with Crippen LogP contribution in [0.5, 0.6) is 0 Å². The number of carbonyl (C=O) groups excluding carboxylic acids is 1. The maximum absolute atomic E-state index is 12.6. The molecule has 0 N–H and O–H groups in total. The summed E-state index contributed by atoms with van der Waals surface area (Å²) >= 11 is 0. The van der Waals surface area contributed by atoms with Gasteiger partial charge in [-0.05, 0) is 31.0 Å². The monoisotopic (exact) mass is 478 g/mol. The maximum Gasteiger partial charge on any atom is 0.372 e. The van der Waals surface area contributed by atoms with E-state index in [1.54, 1.807) is 18.2 Å². The Bertz CT molecular complexity index is 1370. The van der Waals surface area contributed by atoms with Gasteiger partial charge in [0.2, 0.25) is 0 Å². The van der Waals surface area contributed by atoms with Crippen molar-refractivity contribution in [2.24, 2.45) is 5.16 Å². The van der Waals surface area contributed by atoms with Crippen LogP contribution in [0.2, 0.25) is 0 Å². The molecule has 178 valence electrons.